The van der Waals surface area contributed by atoms with Gasteiger partial charge in [-0.15, -0.1) is 0 Å². The third-order valence-electron chi connectivity index (χ3n) is 4.04. The molecule has 15 heavy (non-hydrogen) atoms. The summed E-state index contributed by atoms with van der Waals surface area (Å²) in [5.74, 6) is 0.935. The van der Waals surface area contributed by atoms with Crippen molar-refractivity contribution in [1.29, 1.82) is 0 Å². The Morgan fingerprint density at radius 3 is 2.60 bits per heavy atom. The summed E-state index contributed by atoms with van der Waals surface area (Å²) in [5.41, 5.74) is 0. The molecule has 0 spiro atoms. The Morgan fingerprint density at radius 2 is 2.00 bits per heavy atom. The van der Waals surface area contributed by atoms with Gasteiger partial charge in [0.05, 0.1) is 6.61 Å². The average molecular weight is 211 g/mol. The fourth-order valence-corrected chi connectivity index (χ4v) is 3.09. The Hall–Kier alpha value is -0.0800. The molecule has 1 N–H and O–H groups in total. The molecular weight excluding hydrogens is 186 g/mol. The van der Waals surface area contributed by atoms with Gasteiger partial charge in [-0.25, -0.2) is 0 Å². The van der Waals surface area contributed by atoms with E-state index < -0.39 is 0 Å². The Labute approximate surface area is 93.8 Å². The van der Waals surface area contributed by atoms with Gasteiger partial charge in [0.2, 0.25) is 0 Å². The molecule has 1 saturated carbocycles. The summed E-state index contributed by atoms with van der Waals surface area (Å²) >= 11 is 0. The molecule has 0 aromatic rings. The highest BCUT2D eigenvalue weighted by Crippen LogP contribution is 2.28. The molecule has 2 atom stereocenters. The van der Waals surface area contributed by atoms with Crippen molar-refractivity contribution in [2.24, 2.45) is 5.92 Å². The third kappa shape index (κ3) is 3.18. The topological polar surface area (TPSA) is 21.3 Å². The van der Waals surface area contributed by atoms with Crippen LogP contribution in [0.15, 0.2) is 0 Å². The van der Waals surface area contributed by atoms with Gasteiger partial charge in [0, 0.05) is 18.7 Å². The summed E-state index contributed by atoms with van der Waals surface area (Å²) in [6.07, 6.45) is 9.73. The zero-order valence-corrected chi connectivity index (χ0v) is 10.0. The van der Waals surface area contributed by atoms with Gasteiger partial charge >= 0.3 is 0 Å². The molecule has 1 aliphatic heterocycles. The van der Waals surface area contributed by atoms with E-state index in [2.05, 4.69) is 12.2 Å². The standard InChI is InChI=1S/C13H25NO/c1-2-13(11-6-4-3-5-7-11)14-12-8-9-15-10-12/h11-14H,2-10H2,1H3. The van der Waals surface area contributed by atoms with Crippen molar-refractivity contribution in [2.75, 3.05) is 13.2 Å². The SMILES string of the molecule is CCC(NC1CCOC1)C1CCCCC1. The lowest BCUT2D eigenvalue weighted by Crippen LogP contribution is -2.43. The normalized spacial score (nSPS) is 30.6. The zero-order valence-electron chi connectivity index (χ0n) is 10.0. The van der Waals surface area contributed by atoms with Crippen molar-refractivity contribution in [3.8, 4) is 0 Å². The van der Waals surface area contributed by atoms with E-state index in [0.29, 0.717) is 6.04 Å². The predicted octanol–water partition coefficient (Wildman–Crippen LogP) is 2.72. The van der Waals surface area contributed by atoms with Crippen LogP contribution in [0, 0.1) is 5.92 Å². The smallest absolute Gasteiger partial charge is 0.0620 e. The fraction of sp³-hybridized carbons (Fsp3) is 1.00. The summed E-state index contributed by atoms with van der Waals surface area (Å²) in [7, 11) is 0. The van der Waals surface area contributed by atoms with Crippen LogP contribution in [0.1, 0.15) is 51.9 Å². The maximum atomic E-state index is 5.43. The molecular formula is C13H25NO. The molecule has 2 unspecified atom stereocenters. The van der Waals surface area contributed by atoms with Crippen molar-refractivity contribution in [1.82, 2.24) is 5.32 Å². The van der Waals surface area contributed by atoms with Crippen LogP contribution in [0.3, 0.4) is 0 Å². The highest BCUT2D eigenvalue weighted by atomic mass is 16.5. The summed E-state index contributed by atoms with van der Waals surface area (Å²) in [6, 6.07) is 1.38. The number of ether oxygens (including phenoxy) is 1. The second-order valence-electron chi connectivity index (χ2n) is 5.14. The van der Waals surface area contributed by atoms with E-state index in [1.165, 1.54) is 44.9 Å². The first-order valence-electron chi connectivity index (χ1n) is 6.74. The van der Waals surface area contributed by atoms with Gasteiger partial charge in [-0.3, -0.25) is 0 Å². The van der Waals surface area contributed by atoms with Gasteiger partial charge in [0.1, 0.15) is 0 Å². The highest BCUT2D eigenvalue weighted by Gasteiger charge is 2.25. The van der Waals surface area contributed by atoms with Gasteiger partial charge in [0.15, 0.2) is 0 Å². The minimum absolute atomic E-state index is 0.636. The molecule has 0 aromatic carbocycles. The van der Waals surface area contributed by atoms with E-state index in [9.17, 15) is 0 Å². The Balaban J connectivity index is 1.79. The molecule has 0 aromatic heterocycles. The number of hydrogen-bond acceptors (Lipinski definition) is 2. The lowest BCUT2D eigenvalue weighted by atomic mass is 9.82. The lowest BCUT2D eigenvalue weighted by Gasteiger charge is -2.32. The molecule has 1 aliphatic carbocycles. The highest BCUT2D eigenvalue weighted by molar-refractivity contribution is 4.83. The van der Waals surface area contributed by atoms with Gasteiger partial charge < -0.3 is 10.1 Å². The minimum Gasteiger partial charge on any atom is -0.380 e. The molecule has 1 heterocycles. The molecule has 2 nitrogen and oxygen atoms in total. The fourth-order valence-electron chi connectivity index (χ4n) is 3.09. The minimum atomic E-state index is 0.636. The maximum absolute atomic E-state index is 5.43. The monoisotopic (exact) mass is 211 g/mol. The second kappa shape index (κ2) is 5.86. The molecule has 2 fully saturated rings. The Morgan fingerprint density at radius 1 is 1.20 bits per heavy atom. The molecule has 2 rings (SSSR count). The molecule has 1 saturated heterocycles. The van der Waals surface area contributed by atoms with Crippen LogP contribution in [0.2, 0.25) is 0 Å². The van der Waals surface area contributed by atoms with Crippen molar-refractivity contribution in [3.63, 3.8) is 0 Å². The zero-order chi connectivity index (χ0) is 10.5. The van der Waals surface area contributed by atoms with E-state index >= 15 is 0 Å². The average Bonchev–Trinajstić information content (AvgIpc) is 2.80. The van der Waals surface area contributed by atoms with Crippen LogP contribution in [-0.4, -0.2) is 25.3 Å². The second-order valence-corrected chi connectivity index (χ2v) is 5.14. The summed E-state index contributed by atoms with van der Waals surface area (Å²) in [5, 5.41) is 3.81. The van der Waals surface area contributed by atoms with Gasteiger partial charge in [-0.2, -0.15) is 0 Å². The Kier molecular flexibility index (Phi) is 4.45. The van der Waals surface area contributed by atoms with Crippen molar-refractivity contribution >= 4 is 0 Å². The number of nitrogens with one attached hydrogen (secondary N) is 1. The first-order chi connectivity index (χ1) is 7.40. The van der Waals surface area contributed by atoms with Gasteiger partial charge in [-0.1, -0.05) is 26.2 Å². The van der Waals surface area contributed by atoms with Gasteiger partial charge in [-0.05, 0) is 31.6 Å². The summed E-state index contributed by atoms with van der Waals surface area (Å²) < 4.78 is 5.43. The maximum Gasteiger partial charge on any atom is 0.0620 e. The van der Waals surface area contributed by atoms with E-state index in [1.54, 1.807) is 0 Å². The van der Waals surface area contributed by atoms with Crippen LogP contribution in [0.4, 0.5) is 0 Å². The number of rotatable bonds is 4. The summed E-state index contributed by atoms with van der Waals surface area (Å²) in [6.45, 7) is 4.21. The quantitative estimate of drug-likeness (QED) is 0.772. The van der Waals surface area contributed by atoms with Crippen LogP contribution in [0.5, 0.6) is 0 Å². The molecule has 0 radical (unpaired) electrons. The molecule has 0 amide bonds. The molecule has 88 valence electrons. The number of hydrogen-bond donors (Lipinski definition) is 1. The first kappa shape index (κ1) is 11.4. The molecule has 0 bridgehead atoms. The van der Waals surface area contributed by atoms with Crippen LogP contribution in [-0.2, 0) is 4.74 Å². The third-order valence-corrected chi connectivity index (χ3v) is 4.04. The van der Waals surface area contributed by atoms with Crippen molar-refractivity contribution < 1.29 is 4.74 Å². The Bertz CT molecular complexity index is 171. The van der Waals surface area contributed by atoms with E-state index in [-0.39, 0.29) is 0 Å². The molecule has 2 heteroatoms. The largest absolute Gasteiger partial charge is 0.380 e. The van der Waals surface area contributed by atoms with E-state index in [1.807, 2.05) is 0 Å². The predicted molar refractivity (Wildman–Crippen MR) is 63.0 cm³/mol. The molecule has 2 aliphatic rings. The van der Waals surface area contributed by atoms with E-state index in [4.69, 9.17) is 4.74 Å². The lowest BCUT2D eigenvalue weighted by molar-refractivity contribution is 0.180. The van der Waals surface area contributed by atoms with Crippen molar-refractivity contribution in [2.45, 2.75) is 64.0 Å². The first-order valence-corrected chi connectivity index (χ1v) is 6.74. The summed E-state index contributed by atoms with van der Waals surface area (Å²) in [4.78, 5) is 0. The van der Waals surface area contributed by atoms with Crippen molar-refractivity contribution in [3.05, 3.63) is 0 Å². The van der Waals surface area contributed by atoms with E-state index in [0.717, 1.165) is 25.2 Å². The van der Waals surface area contributed by atoms with Gasteiger partial charge in [0.25, 0.3) is 0 Å². The van der Waals surface area contributed by atoms with Crippen LogP contribution < -0.4 is 5.32 Å². The van der Waals surface area contributed by atoms with Crippen LogP contribution in [0.25, 0.3) is 0 Å². The van der Waals surface area contributed by atoms with Crippen LogP contribution >= 0.6 is 0 Å².